The van der Waals surface area contributed by atoms with Crippen LogP contribution in [0.4, 0.5) is 0 Å². The molecule has 0 saturated heterocycles. The number of pyridine rings is 1. The summed E-state index contributed by atoms with van der Waals surface area (Å²) in [5.41, 5.74) is 6.04. The van der Waals surface area contributed by atoms with Gasteiger partial charge in [0.1, 0.15) is 5.58 Å². The lowest BCUT2D eigenvalue weighted by Gasteiger charge is -1.98. The van der Waals surface area contributed by atoms with Gasteiger partial charge in [-0.3, -0.25) is 9.38 Å². The molecule has 0 aliphatic heterocycles. The number of rotatable bonds is 0. The molecule has 0 aliphatic carbocycles. The first kappa shape index (κ1) is 12.1. The van der Waals surface area contributed by atoms with E-state index < -0.39 is 0 Å². The van der Waals surface area contributed by atoms with Crippen molar-refractivity contribution in [1.82, 2.24) is 18.9 Å². The summed E-state index contributed by atoms with van der Waals surface area (Å²) < 4.78 is 10.4. The van der Waals surface area contributed by atoms with Crippen molar-refractivity contribution >= 4 is 49.8 Å². The molecule has 5 nitrogen and oxygen atoms in total. The molecular weight excluding hydrogens is 300 g/mol. The highest BCUT2D eigenvalue weighted by molar-refractivity contribution is 6.18. The van der Waals surface area contributed by atoms with Gasteiger partial charge in [-0.1, -0.05) is 12.1 Å². The number of hydrogen-bond donors (Lipinski definition) is 0. The summed E-state index contributed by atoms with van der Waals surface area (Å²) in [6.45, 7) is 0. The minimum atomic E-state index is 0.807. The van der Waals surface area contributed by atoms with Gasteiger partial charge in [-0.05, 0) is 30.3 Å². The van der Waals surface area contributed by atoms with Gasteiger partial charge in [-0.25, -0.2) is 4.98 Å². The maximum atomic E-state index is 6.00. The highest BCUT2D eigenvalue weighted by Gasteiger charge is 2.19. The van der Waals surface area contributed by atoms with Gasteiger partial charge in [0.15, 0.2) is 5.58 Å². The number of para-hydroxylation sites is 2. The third-order valence-corrected chi connectivity index (χ3v) is 4.82. The number of nitrogens with zero attached hydrogens (tertiary/aromatic N) is 4. The summed E-state index contributed by atoms with van der Waals surface area (Å²) in [5, 5.41) is 2.19. The van der Waals surface area contributed by atoms with E-state index in [0.29, 0.717) is 0 Å². The van der Waals surface area contributed by atoms with E-state index in [2.05, 4.69) is 33.1 Å². The molecule has 0 saturated carbocycles. The lowest BCUT2D eigenvalue weighted by Crippen LogP contribution is -1.87. The molecule has 0 amide bonds. The Morgan fingerprint density at radius 1 is 0.958 bits per heavy atom. The molecule has 114 valence electrons. The summed E-state index contributed by atoms with van der Waals surface area (Å²) in [6.07, 6.45) is 3.58. The molecule has 0 radical (unpaired) electrons. The van der Waals surface area contributed by atoms with E-state index in [1.54, 1.807) is 6.20 Å². The lowest BCUT2D eigenvalue weighted by molar-refractivity contribution is 0.667. The number of fused-ring (bicyclic) bond motifs is 9. The van der Waals surface area contributed by atoms with E-state index in [4.69, 9.17) is 9.40 Å². The van der Waals surface area contributed by atoms with Crippen LogP contribution in [0.2, 0.25) is 0 Å². The molecule has 0 unspecified atom stereocenters. The molecule has 5 heteroatoms. The van der Waals surface area contributed by atoms with Crippen LogP contribution >= 0.6 is 0 Å². The molecule has 4 aromatic heterocycles. The first-order chi connectivity index (χ1) is 11.8. The Hall–Kier alpha value is -3.34. The van der Waals surface area contributed by atoms with Crippen molar-refractivity contribution in [3.8, 4) is 0 Å². The number of furan rings is 1. The molecule has 0 N–H and O–H groups in total. The Balaban J connectivity index is 2.03. The van der Waals surface area contributed by atoms with Crippen LogP contribution in [0.25, 0.3) is 49.8 Å². The maximum absolute atomic E-state index is 6.00. The third kappa shape index (κ3) is 1.27. The SMILES string of the molecule is Cn1c2ccc3oc4cnccc4c3c2n2c3ccccc3nc12. The summed E-state index contributed by atoms with van der Waals surface area (Å²) in [7, 11) is 2.05. The zero-order chi connectivity index (χ0) is 15.8. The highest BCUT2D eigenvalue weighted by atomic mass is 16.3. The second kappa shape index (κ2) is 3.94. The minimum Gasteiger partial charge on any atom is -0.454 e. The Bertz CT molecular complexity index is 1420. The zero-order valence-electron chi connectivity index (χ0n) is 12.9. The molecule has 6 rings (SSSR count). The van der Waals surface area contributed by atoms with Gasteiger partial charge in [-0.15, -0.1) is 0 Å². The van der Waals surface area contributed by atoms with Crippen molar-refractivity contribution in [3.05, 3.63) is 54.9 Å². The molecule has 0 bridgehead atoms. The highest BCUT2D eigenvalue weighted by Crippen LogP contribution is 2.36. The summed E-state index contributed by atoms with van der Waals surface area (Å²) in [5.74, 6) is 0.933. The van der Waals surface area contributed by atoms with Crippen molar-refractivity contribution in [3.63, 3.8) is 0 Å². The standard InChI is InChI=1S/C19H12N4O/c1-22-14-6-7-15-17(11-8-9-20-10-16(11)24-15)18(14)23-13-5-3-2-4-12(13)21-19(22)23/h2-10H,1H3. The molecule has 6 aromatic rings. The van der Waals surface area contributed by atoms with Crippen LogP contribution < -0.4 is 0 Å². The van der Waals surface area contributed by atoms with Crippen molar-refractivity contribution in [1.29, 1.82) is 0 Å². The van der Waals surface area contributed by atoms with Crippen molar-refractivity contribution in [2.45, 2.75) is 0 Å². The van der Waals surface area contributed by atoms with E-state index >= 15 is 0 Å². The second-order valence-electron chi connectivity index (χ2n) is 6.08. The Kier molecular flexibility index (Phi) is 1.99. The first-order valence-corrected chi connectivity index (χ1v) is 7.84. The quantitative estimate of drug-likeness (QED) is 0.421. The average molecular weight is 312 g/mol. The van der Waals surface area contributed by atoms with E-state index in [1.165, 1.54) is 0 Å². The largest absolute Gasteiger partial charge is 0.454 e. The summed E-state index contributed by atoms with van der Waals surface area (Å²) in [6, 6.07) is 14.4. The fourth-order valence-corrected chi connectivity index (χ4v) is 3.76. The predicted octanol–water partition coefficient (Wildman–Crippen LogP) is 4.27. The van der Waals surface area contributed by atoms with E-state index in [1.807, 2.05) is 36.5 Å². The predicted molar refractivity (Wildman–Crippen MR) is 94.2 cm³/mol. The first-order valence-electron chi connectivity index (χ1n) is 7.84. The van der Waals surface area contributed by atoms with Crippen LogP contribution in [0.15, 0.2) is 59.3 Å². The Morgan fingerprint density at radius 2 is 1.88 bits per heavy atom. The molecule has 0 atom stereocenters. The number of hydrogen-bond acceptors (Lipinski definition) is 3. The van der Waals surface area contributed by atoms with Crippen LogP contribution in [-0.2, 0) is 7.05 Å². The summed E-state index contributed by atoms with van der Waals surface area (Å²) in [4.78, 5) is 8.98. The van der Waals surface area contributed by atoms with Crippen LogP contribution in [0.5, 0.6) is 0 Å². The van der Waals surface area contributed by atoms with Gasteiger partial charge in [0.05, 0.1) is 33.6 Å². The van der Waals surface area contributed by atoms with E-state index in [9.17, 15) is 0 Å². The van der Waals surface area contributed by atoms with Crippen LogP contribution in [0, 0.1) is 0 Å². The molecule has 24 heavy (non-hydrogen) atoms. The van der Waals surface area contributed by atoms with Crippen molar-refractivity contribution in [2.75, 3.05) is 0 Å². The average Bonchev–Trinajstić information content (AvgIpc) is 3.25. The van der Waals surface area contributed by atoms with Gasteiger partial charge in [-0.2, -0.15) is 0 Å². The van der Waals surface area contributed by atoms with E-state index in [-0.39, 0.29) is 0 Å². The van der Waals surface area contributed by atoms with Crippen LogP contribution in [-0.4, -0.2) is 18.9 Å². The zero-order valence-corrected chi connectivity index (χ0v) is 12.9. The summed E-state index contributed by atoms with van der Waals surface area (Å²) >= 11 is 0. The van der Waals surface area contributed by atoms with Gasteiger partial charge in [0.2, 0.25) is 5.78 Å². The van der Waals surface area contributed by atoms with E-state index in [0.717, 1.165) is 49.8 Å². The Labute approximate surface area is 135 Å². The molecule has 4 heterocycles. The smallest absolute Gasteiger partial charge is 0.215 e. The topological polar surface area (TPSA) is 48.3 Å². The van der Waals surface area contributed by atoms with Gasteiger partial charge >= 0.3 is 0 Å². The number of benzene rings is 2. The number of imidazole rings is 2. The second-order valence-corrected chi connectivity index (χ2v) is 6.08. The third-order valence-electron chi connectivity index (χ3n) is 4.82. The van der Waals surface area contributed by atoms with Crippen LogP contribution in [0.3, 0.4) is 0 Å². The molecule has 0 fully saturated rings. The maximum Gasteiger partial charge on any atom is 0.215 e. The molecular formula is C19H12N4O. The fraction of sp³-hybridized carbons (Fsp3) is 0.0526. The molecule has 0 aliphatic rings. The normalized spacial score (nSPS) is 12.4. The molecule has 2 aromatic carbocycles. The lowest BCUT2D eigenvalue weighted by atomic mass is 10.1. The molecule has 0 spiro atoms. The fourth-order valence-electron chi connectivity index (χ4n) is 3.76. The van der Waals surface area contributed by atoms with Crippen molar-refractivity contribution in [2.24, 2.45) is 7.05 Å². The van der Waals surface area contributed by atoms with Crippen LogP contribution in [0.1, 0.15) is 0 Å². The number of aromatic nitrogens is 4. The van der Waals surface area contributed by atoms with Gasteiger partial charge < -0.3 is 8.98 Å². The van der Waals surface area contributed by atoms with Gasteiger partial charge in [0.25, 0.3) is 0 Å². The van der Waals surface area contributed by atoms with Crippen molar-refractivity contribution < 1.29 is 4.42 Å². The van der Waals surface area contributed by atoms with Gasteiger partial charge in [0, 0.05) is 18.6 Å². The minimum absolute atomic E-state index is 0.807. The Morgan fingerprint density at radius 3 is 2.83 bits per heavy atom. The number of aryl methyl sites for hydroxylation is 1. The monoisotopic (exact) mass is 312 g/mol.